The SMILES string of the molecule is Cc1[nH]nc(S(=O)(=O)NC2CCN(C)C(C)C2)c1CO. The molecule has 8 heteroatoms. The minimum absolute atomic E-state index is 0.0882. The van der Waals surface area contributed by atoms with Crippen molar-refractivity contribution in [2.24, 2.45) is 0 Å². The maximum atomic E-state index is 12.4. The number of sulfonamides is 1. The van der Waals surface area contributed by atoms with Gasteiger partial charge in [0.25, 0.3) is 10.0 Å². The van der Waals surface area contributed by atoms with Crippen LogP contribution >= 0.6 is 0 Å². The van der Waals surface area contributed by atoms with E-state index in [-0.39, 0.29) is 17.7 Å². The van der Waals surface area contributed by atoms with Gasteiger partial charge in [-0.3, -0.25) is 5.10 Å². The molecule has 3 N–H and O–H groups in total. The molecule has 0 saturated carbocycles. The van der Waals surface area contributed by atoms with E-state index in [0.29, 0.717) is 17.3 Å². The second-order valence-corrected chi connectivity index (χ2v) is 7.09. The minimum atomic E-state index is -3.69. The van der Waals surface area contributed by atoms with Crippen molar-refractivity contribution in [3.63, 3.8) is 0 Å². The van der Waals surface area contributed by atoms with Gasteiger partial charge in [0.2, 0.25) is 0 Å². The Labute approximate surface area is 119 Å². The quantitative estimate of drug-likeness (QED) is 0.725. The molecule has 2 unspecified atom stereocenters. The average molecular weight is 302 g/mol. The van der Waals surface area contributed by atoms with E-state index < -0.39 is 10.0 Å². The largest absolute Gasteiger partial charge is 0.392 e. The van der Waals surface area contributed by atoms with Gasteiger partial charge in [0, 0.05) is 23.3 Å². The maximum absolute atomic E-state index is 12.4. The Kier molecular flexibility index (Phi) is 4.48. The summed E-state index contributed by atoms with van der Waals surface area (Å²) in [5.41, 5.74) is 0.906. The monoisotopic (exact) mass is 302 g/mol. The number of aromatic nitrogens is 2. The number of aliphatic hydroxyl groups excluding tert-OH is 1. The first-order valence-electron chi connectivity index (χ1n) is 6.72. The molecule has 1 aliphatic heterocycles. The molecular weight excluding hydrogens is 280 g/mol. The molecule has 20 heavy (non-hydrogen) atoms. The number of aromatic amines is 1. The molecule has 0 aromatic carbocycles. The van der Waals surface area contributed by atoms with Crippen LogP contribution in [0, 0.1) is 6.92 Å². The van der Waals surface area contributed by atoms with Crippen LogP contribution in [-0.4, -0.2) is 54.3 Å². The maximum Gasteiger partial charge on any atom is 0.260 e. The molecule has 0 aliphatic carbocycles. The minimum Gasteiger partial charge on any atom is -0.392 e. The fraction of sp³-hybridized carbons (Fsp3) is 0.750. The van der Waals surface area contributed by atoms with Crippen LogP contribution in [0.2, 0.25) is 0 Å². The Hall–Kier alpha value is -0.960. The lowest BCUT2D eigenvalue weighted by Crippen LogP contribution is -2.47. The summed E-state index contributed by atoms with van der Waals surface area (Å²) < 4.78 is 27.4. The van der Waals surface area contributed by atoms with E-state index in [2.05, 4.69) is 26.7 Å². The third-order valence-corrected chi connectivity index (χ3v) is 5.47. The summed E-state index contributed by atoms with van der Waals surface area (Å²) >= 11 is 0. The van der Waals surface area contributed by atoms with Gasteiger partial charge in [0.05, 0.1) is 6.61 Å². The third-order valence-electron chi connectivity index (χ3n) is 3.98. The predicted octanol–water partition coefficient (Wildman–Crippen LogP) is -0.0286. The van der Waals surface area contributed by atoms with Crippen LogP contribution in [0.5, 0.6) is 0 Å². The van der Waals surface area contributed by atoms with Gasteiger partial charge in [-0.05, 0) is 40.3 Å². The fourth-order valence-corrected chi connectivity index (χ4v) is 3.98. The number of H-pyrrole nitrogens is 1. The summed E-state index contributed by atoms with van der Waals surface area (Å²) in [6.07, 6.45) is 1.55. The highest BCUT2D eigenvalue weighted by molar-refractivity contribution is 7.89. The molecule has 114 valence electrons. The van der Waals surface area contributed by atoms with Crippen molar-refractivity contribution in [2.45, 2.75) is 50.4 Å². The Morgan fingerprint density at radius 3 is 2.85 bits per heavy atom. The van der Waals surface area contributed by atoms with Gasteiger partial charge in [-0.25, -0.2) is 13.1 Å². The number of nitrogens with zero attached hydrogens (tertiary/aromatic N) is 2. The van der Waals surface area contributed by atoms with E-state index in [9.17, 15) is 13.5 Å². The van der Waals surface area contributed by atoms with Gasteiger partial charge in [-0.15, -0.1) is 0 Å². The standard InChI is InChI=1S/C12H22N4O3S/c1-8-6-10(4-5-16(8)3)15-20(18,19)12-11(7-17)9(2)13-14-12/h8,10,15,17H,4-7H2,1-3H3,(H,13,14). The van der Waals surface area contributed by atoms with Crippen molar-refractivity contribution < 1.29 is 13.5 Å². The van der Waals surface area contributed by atoms with Crippen LogP contribution in [0.1, 0.15) is 31.0 Å². The van der Waals surface area contributed by atoms with Gasteiger partial charge in [0.1, 0.15) is 0 Å². The van der Waals surface area contributed by atoms with E-state index in [1.807, 2.05) is 7.05 Å². The van der Waals surface area contributed by atoms with E-state index in [1.54, 1.807) is 6.92 Å². The highest BCUT2D eigenvalue weighted by atomic mass is 32.2. The smallest absolute Gasteiger partial charge is 0.260 e. The molecule has 0 spiro atoms. The summed E-state index contributed by atoms with van der Waals surface area (Å²) in [7, 11) is -1.66. The second kappa shape index (κ2) is 5.80. The first-order chi connectivity index (χ1) is 9.35. The molecule has 7 nitrogen and oxygen atoms in total. The van der Waals surface area contributed by atoms with E-state index >= 15 is 0 Å². The molecule has 0 radical (unpaired) electrons. The number of hydrogen-bond donors (Lipinski definition) is 3. The Morgan fingerprint density at radius 2 is 2.25 bits per heavy atom. The Bertz CT molecular complexity index is 569. The van der Waals surface area contributed by atoms with Crippen molar-refractivity contribution >= 4 is 10.0 Å². The number of piperidine rings is 1. The van der Waals surface area contributed by atoms with Crippen LogP contribution < -0.4 is 4.72 Å². The van der Waals surface area contributed by atoms with Gasteiger partial charge in [-0.2, -0.15) is 5.10 Å². The number of aryl methyl sites for hydroxylation is 1. The van der Waals surface area contributed by atoms with Crippen LogP contribution in [0.3, 0.4) is 0 Å². The van der Waals surface area contributed by atoms with Crippen LogP contribution in [0.4, 0.5) is 0 Å². The van der Waals surface area contributed by atoms with Gasteiger partial charge in [0.15, 0.2) is 5.03 Å². The van der Waals surface area contributed by atoms with E-state index in [1.165, 1.54) is 0 Å². The van der Waals surface area contributed by atoms with Gasteiger partial charge in [-0.1, -0.05) is 0 Å². The summed E-state index contributed by atoms with van der Waals surface area (Å²) in [5.74, 6) is 0. The lowest BCUT2D eigenvalue weighted by atomic mass is 10.0. The van der Waals surface area contributed by atoms with Crippen LogP contribution in [0.25, 0.3) is 0 Å². The van der Waals surface area contributed by atoms with Crippen molar-refractivity contribution in [3.05, 3.63) is 11.3 Å². The molecule has 1 saturated heterocycles. The normalized spacial score (nSPS) is 25.0. The molecule has 0 amide bonds. The molecule has 1 fully saturated rings. The summed E-state index contributed by atoms with van der Waals surface area (Å²) in [6, 6.07) is 0.254. The molecule has 1 aromatic rings. The zero-order valence-electron chi connectivity index (χ0n) is 12.0. The molecule has 2 atom stereocenters. The molecule has 1 aliphatic rings. The molecule has 1 aromatic heterocycles. The van der Waals surface area contributed by atoms with Crippen LogP contribution in [0.15, 0.2) is 5.03 Å². The first-order valence-corrected chi connectivity index (χ1v) is 8.20. The molecular formula is C12H22N4O3S. The van der Waals surface area contributed by atoms with Crippen molar-refractivity contribution in [3.8, 4) is 0 Å². The molecule has 0 bridgehead atoms. The van der Waals surface area contributed by atoms with Gasteiger partial charge < -0.3 is 10.0 Å². The van der Waals surface area contributed by atoms with E-state index in [4.69, 9.17) is 0 Å². The highest BCUT2D eigenvalue weighted by Gasteiger charge is 2.30. The first kappa shape index (κ1) is 15.4. The number of hydrogen-bond acceptors (Lipinski definition) is 5. The van der Waals surface area contributed by atoms with Crippen molar-refractivity contribution in [1.29, 1.82) is 0 Å². The zero-order valence-corrected chi connectivity index (χ0v) is 12.9. The summed E-state index contributed by atoms with van der Waals surface area (Å²) in [4.78, 5) is 2.21. The second-order valence-electron chi connectivity index (χ2n) is 5.46. The summed E-state index contributed by atoms with van der Waals surface area (Å²) in [6.45, 7) is 4.29. The number of likely N-dealkylation sites (tertiary alicyclic amines) is 1. The predicted molar refractivity (Wildman–Crippen MR) is 74.7 cm³/mol. The van der Waals surface area contributed by atoms with Crippen molar-refractivity contribution in [1.82, 2.24) is 19.8 Å². The number of aliphatic hydroxyl groups is 1. The fourth-order valence-electron chi connectivity index (χ4n) is 2.51. The highest BCUT2D eigenvalue weighted by Crippen LogP contribution is 2.20. The number of rotatable bonds is 4. The molecule has 2 heterocycles. The van der Waals surface area contributed by atoms with Gasteiger partial charge >= 0.3 is 0 Å². The van der Waals surface area contributed by atoms with Crippen LogP contribution in [-0.2, 0) is 16.6 Å². The lowest BCUT2D eigenvalue weighted by Gasteiger charge is -2.35. The Balaban J connectivity index is 2.15. The summed E-state index contributed by atoms with van der Waals surface area (Å²) in [5, 5.41) is 15.6. The number of nitrogens with one attached hydrogen (secondary N) is 2. The van der Waals surface area contributed by atoms with E-state index in [0.717, 1.165) is 19.4 Å². The Morgan fingerprint density at radius 1 is 1.55 bits per heavy atom. The van der Waals surface area contributed by atoms with Crippen molar-refractivity contribution in [2.75, 3.05) is 13.6 Å². The molecule has 2 rings (SSSR count). The third kappa shape index (κ3) is 3.03. The average Bonchev–Trinajstić information content (AvgIpc) is 2.75. The lowest BCUT2D eigenvalue weighted by molar-refractivity contribution is 0.178. The topological polar surface area (TPSA) is 98.3 Å². The zero-order chi connectivity index (χ0) is 14.9.